The van der Waals surface area contributed by atoms with Gasteiger partial charge in [0.2, 0.25) is 5.52 Å². The molecule has 8 heteroatoms. The molecule has 1 aliphatic carbocycles. The van der Waals surface area contributed by atoms with Gasteiger partial charge >= 0.3 is 5.69 Å². The van der Waals surface area contributed by atoms with E-state index in [1.54, 1.807) is 6.07 Å². The first-order chi connectivity index (χ1) is 10.2. The number of non-ortho nitro benzene ring substituents is 1. The SMILES string of the molecule is CNC1CCC(Nc2ccc([N+](=O)[O-])c3nonc23)CC1. The van der Waals surface area contributed by atoms with Crippen molar-refractivity contribution in [2.24, 2.45) is 0 Å². The molecule has 0 unspecified atom stereocenters. The minimum Gasteiger partial charge on any atom is -0.380 e. The van der Waals surface area contributed by atoms with Crippen molar-refractivity contribution in [2.45, 2.75) is 37.8 Å². The highest BCUT2D eigenvalue weighted by atomic mass is 16.6. The van der Waals surface area contributed by atoms with Gasteiger partial charge in [-0.05, 0) is 49.1 Å². The maximum absolute atomic E-state index is 11.0. The van der Waals surface area contributed by atoms with Gasteiger partial charge in [-0.1, -0.05) is 0 Å². The van der Waals surface area contributed by atoms with E-state index < -0.39 is 4.92 Å². The molecule has 0 aliphatic heterocycles. The summed E-state index contributed by atoms with van der Waals surface area (Å²) in [4.78, 5) is 10.5. The number of benzene rings is 1. The molecule has 112 valence electrons. The summed E-state index contributed by atoms with van der Waals surface area (Å²) in [7, 11) is 1.99. The molecule has 0 spiro atoms. The first-order valence-electron chi connectivity index (χ1n) is 7.02. The number of aromatic nitrogens is 2. The quantitative estimate of drug-likeness (QED) is 0.656. The summed E-state index contributed by atoms with van der Waals surface area (Å²) < 4.78 is 4.67. The second-order valence-electron chi connectivity index (χ2n) is 5.33. The Morgan fingerprint density at radius 3 is 2.52 bits per heavy atom. The molecule has 1 aromatic carbocycles. The van der Waals surface area contributed by atoms with Crippen LogP contribution in [0.2, 0.25) is 0 Å². The summed E-state index contributed by atoms with van der Waals surface area (Å²) >= 11 is 0. The van der Waals surface area contributed by atoms with E-state index in [9.17, 15) is 10.1 Å². The molecule has 3 rings (SSSR count). The molecule has 0 saturated heterocycles. The smallest absolute Gasteiger partial charge is 0.300 e. The third-order valence-corrected chi connectivity index (χ3v) is 4.09. The second kappa shape index (κ2) is 5.65. The molecule has 1 aliphatic rings. The van der Waals surface area contributed by atoms with Gasteiger partial charge in [-0.15, -0.1) is 0 Å². The summed E-state index contributed by atoms with van der Waals surface area (Å²) in [5.74, 6) is 0. The van der Waals surface area contributed by atoms with Gasteiger partial charge in [-0.3, -0.25) is 10.1 Å². The zero-order chi connectivity index (χ0) is 14.8. The number of nitrogens with zero attached hydrogens (tertiary/aromatic N) is 3. The molecule has 1 saturated carbocycles. The van der Waals surface area contributed by atoms with Crippen molar-refractivity contribution in [3.8, 4) is 0 Å². The molecule has 0 radical (unpaired) electrons. The van der Waals surface area contributed by atoms with E-state index in [4.69, 9.17) is 0 Å². The van der Waals surface area contributed by atoms with Gasteiger partial charge in [0, 0.05) is 18.2 Å². The molecule has 1 aromatic heterocycles. The molecule has 1 heterocycles. The largest absolute Gasteiger partial charge is 0.380 e. The molecular formula is C13H17N5O3. The van der Waals surface area contributed by atoms with Crippen LogP contribution in [0.4, 0.5) is 11.4 Å². The Labute approximate surface area is 121 Å². The van der Waals surface area contributed by atoms with E-state index in [0.717, 1.165) is 31.4 Å². The fourth-order valence-electron chi connectivity index (χ4n) is 2.86. The monoisotopic (exact) mass is 291 g/mol. The molecule has 21 heavy (non-hydrogen) atoms. The molecule has 2 N–H and O–H groups in total. The van der Waals surface area contributed by atoms with Crippen LogP contribution in [0, 0.1) is 10.1 Å². The van der Waals surface area contributed by atoms with Gasteiger partial charge in [0.15, 0.2) is 5.52 Å². The Bertz CT molecular complexity index is 648. The maximum Gasteiger partial charge on any atom is 0.300 e. The Morgan fingerprint density at radius 1 is 1.19 bits per heavy atom. The van der Waals surface area contributed by atoms with Crippen LogP contribution in [0.25, 0.3) is 11.0 Å². The normalized spacial score (nSPS) is 22.3. The molecular weight excluding hydrogens is 274 g/mol. The van der Waals surface area contributed by atoms with E-state index in [0.29, 0.717) is 17.6 Å². The first kappa shape index (κ1) is 13.7. The predicted octanol–water partition coefficient (Wildman–Crippen LogP) is 2.07. The van der Waals surface area contributed by atoms with E-state index in [2.05, 4.69) is 25.6 Å². The number of anilines is 1. The van der Waals surface area contributed by atoms with E-state index >= 15 is 0 Å². The summed E-state index contributed by atoms with van der Waals surface area (Å²) in [6.07, 6.45) is 4.33. The Balaban J connectivity index is 1.81. The molecule has 0 amide bonds. The highest BCUT2D eigenvalue weighted by Gasteiger charge is 2.23. The minimum atomic E-state index is -0.478. The molecule has 0 bridgehead atoms. The molecule has 2 aromatic rings. The van der Waals surface area contributed by atoms with Crippen molar-refractivity contribution in [3.05, 3.63) is 22.2 Å². The van der Waals surface area contributed by atoms with Crippen LogP contribution in [-0.4, -0.2) is 34.4 Å². The lowest BCUT2D eigenvalue weighted by Gasteiger charge is -2.29. The number of hydrogen-bond donors (Lipinski definition) is 2. The summed E-state index contributed by atoms with van der Waals surface area (Å²) in [6, 6.07) is 4.03. The van der Waals surface area contributed by atoms with Gasteiger partial charge in [-0.2, -0.15) is 0 Å². The third-order valence-electron chi connectivity index (χ3n) is 4.09. The molecule has 0 atom stereocenters. The van der Waals surface area contributed by atoms with Crippen molar-refractivity contribution in [1.82, 2.24) is 15.6 Å². The Hall–Kier alpha value is -2.22. The van der Waals surface area contributed by atoms with Crippen molar-refractivity contribution in [3.63, 3.8) is 0 Å². The lowest BCUT2D eigenvalue weighted by atomic mass is 9.91. The van der Waals surface area contributed by atoms with E-state index in [1.807, 2.05) is 7.05 Å². The number of hydrogen-bond acceptors (Lipinski definition) is 7. The second-order valence-corrected chi connectivity index (χ2v) is 5.33. The van der Waals surface area contributed by atoms with Crippen LogP contribution in [-0.2, 0) is 0 Å². The van der Waals surface area contributed by atoms with Gasteiger partial charge < -0.3 is 10.6 Å². The van der Waals surface area contributed by atoms with Crippen molar-refractivity contribution < 1.29 is 9.55 Å². The van der Waals surface area contributed by atoms with Crippen LogP contribution < -0.4 is 10.6 Å². The predicted molar refractivity (Wildman–Crippen MR) is 77.2 cm³/mol. The Kier molecular flexibility index (Phi) is 3.70. The Morgan fingerprint density at radius 2 is 1.86 bits per heavy atom. The zero-order valence-corrected chi connectivity index (χ0v) is 11.7. The van der Waals surface area contributed by atoms with Crippen LogP contribution in [0.1, 0.15) is 25.7 Å². The average Bonchev–Trinajstić information content (AvgIpc) is 2.98. The van der Waals surface area contributed by atoms with Gasteiger partial charge in [0.05, 0.1) is 10.6 Å². The average molecular weight is 291 g/mol. The highest BCUT2D eigenvalue weighted by Crippen LogP contribution is 2.30. The number of rotatable bonds is 4. The van der Waals surface area contributed by atoms with E-state index in [1.165, 1.54) is 6.07 Å². The number of nitro groups is 1. The zero-order valence-electron chi connectivity index (χ0n) is 11.7. The fourth-order valence-corrected chi connectivity index (χ4v) is 2.86. The third kappa shape index (κ3) is 2.66. The number of nitro benzene ring substituents is 1. The topological polar surface area (TPSA) is 106 Å². The molecule has 1 fully saturated rings. The van der Waals surface area contributed by atoms with E-state index in [-0.39, 0.29) is 11.2 Å². The first-order valence-corrected chi connectivity index (χ1v) is 7.02. The van der Waals surface area contributed by atoms with Crippen molar-refractivity contribution >= 4 is 22.4 Å². The minimum absolute atomic E-state index is 0.0873. The van der Waals surface area contributed by atoms with Gasteiger partial charge in [0.1, 0.15) is 0 Å². The number of nitrogens with one attached hydrogen (secondary N) is 2. The van der Waals surface area contributed by atoms with Crippen LogP contribution in [0.15, 0.2) is 16.8 Å². The number of fused-ring (bicyclic) bond motifs is 1. The summed E-state index contributed by atoms with van der Waals surface area (Å²) in [5.41, 5.74) is 1.26. The molecule has 8 nitrogen and oxygen atoms in total. The van der Waals surface area contributed by atoms with Crippen LogP contribution >= 0.6 is 0 Å². The summed E-state index contributed by atoms with van der Waals surface area (Å²) in [5, 5.41) is 25.1. The van der Waals surface area contributed by atoms with Gasteiger partial charge in [0.25, 0.3) is 0 Å². The van der Waals surface area contributed by atoms with Crippen molar-refractivity contribution in [2.75, 3.05) is 12.4 Å². The van der Waals surface area contributed by atoms with Crippen LogP contribution in [0.5, 0.6) is 0 Å². The maximum atomic E-state index is 11.0. The fraction of sp³-hybridized carbons (Fsp3) is 0.538. The standard InChI is InChI=1S/C13H17N5O3/c1-14-8-2-4-9(5-3-8)15-10-6-7-11(18(19)20)13-12(10)16-21-17-13/h6-9,14-15H,2-5H2,1H3. The highest BCUT2D eigenvalue weighted by molar-refractivity contribution is 5.93. The van der Waals surface area contributed by atoms with Crippen molar-refractivity contribution in [1.29, 1.82) is 0 Å². The summed E-state index contributed by atoms with van der Waals surface area (Å²) in [6.45, 7) is 0. The van der Waals surface area contributed by atoms with Crippen LogP contribution in [0.3, 0.4) is 0 Å². The lowest BCUT2D eigenvalue weighted by molar-refractivity contribution is -0.383. The lowest BCUT2D eigenvalue weighted by Crippen LogP contribution is -2.35. The van der Waals surface area contributed by atoms with Gasteiger partial charge in [-0.25, -0.2) is 4.63 Å².